The third kappa shape index (κ3) is 6.51. The van der Waals surface area contributed by atoms with Crippen LogP contribution in [-0.4, -0.2) is 64.7 Å². The summed E-state index contributed by atoms with van der Waals surface area (Å²) in [5.41, 5.74) is 1.07. The average molecular weight is 406 g/mol. The quantitative estimate of drug-likeness (QED) is 0.374. The van der Waals surface area contributed by atoms with Crippen LogP contribution in [0.1, 0.15) is 39.2 Å². The highest BCUT2D eigenvalue weighted by Crippen LogP contribution is 2.35. The van der Waals surface area contributed by atoms with Gasteiger partial charge in [-0.3, -0.25) is 4.99 Å². The van der Waals surface area contributed by atoms with Gasteiger partial charge in [0, 0.05) is 31.7 Å². The highest BCUT2D eigenvalue weighted by Gasteiger charge is 2.23. The van der Waals surface area contributed by atoms with Crippen LogP contribution >= 0.6 is 0 Å². The van der Waals surface area contributed by atoms with Crippen molar-refractivity contribution in [2.45, 2.75) is 45.1 Å². The van der Waals surface area contributed by atoms with Crippen molar-refractivity contribution in [2.75, 3.05) is 52.7 Å². The molecule has 1 atom stereocenters. The highest BCUT2D eigenvalue weighted by atomic mass is 16.6. The average Bonchev–Trinajstić information content (AvgIpc) is 3.25. The van der Waals surface area contributed by atoms with Gasteiger partial charge in [-0.2, -0.15) is 0 Å². The normalized spacial score (nSPS) is 19.3. The SMILES string of the molecule is CCNC(=NCC(C)(C)c1ccc2c(c1)OCCO2)NCCCOC1CCOC1. The summed E-state index contributed by atoms with van der Waals surface area (Å²) in [6.07, 6.45) is 2.21. The smallest absolute Gasteiger partial charge is 0.191 e. The molecule has 7 nitrogen and oxygen atoms in total. The van der Waals surface area contributed by atoms with Gasteiger partial charge in [0.1, 0.15) is 13.2 Å². The molecular weight excluding hydrogens is 370 g/mol. The Bertz CT molecular complexity index is 672. The maximum atomic E-state index is 5.81. The van der Waals surface area contributed by atoms with Crippen LogP contribution in [0.5, 0.6) is 11.5 Å². The van der Waals surface area contributed by atoms with Crippen molar-refractivity contribution in [3.05, 3.63) is 23.8 Å². The van der Waals surface area contributed by atoms with E-state index in [1.165, 1.54) is 5.56 Å². The number of hydrogen-bond acceptors (Lipinski definition) is 5. The zero-order chi connectivity index (χ0) is 20.5. The van der Waals surface area contributed by atoms with Crippen molar-refractivity contribution in [1.82, 2.24) is 10.6 Å². The topological polar surface area (TPSA) is 73.3 Å². The van der Waals surface area contributed by atoms with E-state index in [9.17, 15) is 0 Å². The lowest BCUT2D eigenvalue weighted by Gasteiger charge is -2.26. The molecule has 0 bridgehead atoms. The van der Waals surface area contributed by atoms with Crippen LogP contribution in [-0.2, 0) is 14.9 Å². The van der Waals surface area contributed by atoms with Gasteiger partial charge in [-0.15, -0.1) is 0 Å². The first-order valence-corrected chi connectivity index (χ1v) is 10.7. The fourth-order valence-electron chi connectivity index (χ4n) is 3.35. The zero-order valence-electron chi connectivity index (χ0n) is 18.0. The molecule has 1 fully saturated rings. The number of rotatable bonds is 9. The first kappa shape index (κ1) is 21.7. The lowest BCUT2D eigenvalue weighted by molar-refractivity contribution is 0.0420. The zero-order valence-corrected chi connectivity index (χ0v) is 18.0. The van der Waals surface area contributed by atoms with Crippen molar-refractivity contribution in [2.24, 2.45) is 4.99 Å². The van der Waals surface area contributed by atoms with Crippen LogP contribution in [0.2, 0.25) is 0 Å². The Morgan fingerprint density at radius 3 is 2.76 bits per heavy atom. The van der Waals surface area contributed by atoms with Gasteiger partial charge in [0.25, 0.3) is 0 Å². The van der Waals surface area contributed by atoms with E-state index in [1.807, 2.05) is 6.07 Å². The Kier molecular flexibility index (Phi) is 8.00. The van der Waals surface area contributed by atoms with E-state index >= 15 is 0 Å². The van der Waals surface area contributed by atoms with Crippen LogP contribution in [0.4, 0.5) is 0 Å². The number of ether oxygens (including phenoxy) is 4. The summed E-state index contributed by atoms with van der Waals surface area (Å²) in [5, 5.41) is 6.72. The highest BCUT2D eigenvalue weighted by molar-refractivity contribution is 5.79. The molecule has 1 aromatic carbocycles. The fourth-order valence-corrected chi connectivity index (χ4v) is 3.35. The van der Waals surface area contributed by atoms with Gasteiger partial charge in [0.15, 0.2) is 17.5 Å². The Hall–Kier alpha value is -1.99. The monoisotopic (exact) mass is 405 g/mol. The van der Waals surface area contributed by atoms with E-state index in [0.717, 1.165) is 63.2 Å². The summed E-state index contributed by atoms with van der Waals surface area (Å²) in [4.78, 5) is 4.81. The van der Waals surface area contributed by atoms with E-state index in [1.54, 1.807) is 0 Å². The Labute approximate surface area is 174 Å². The molecule has 2 aliphatic heterocycles. The van der Waals surface area contributed by atoms with E-state index in [0.29, 0.717) is 19.8 Å². The van der Waals surface area contributed by atoms with Gasteiger partial charge in [0.05, 0.1) is 19.3 Å². The predicted octanol–water partition coefficient (Wildman–Crippen LogP) is 2.49. The second kappa shape index (κ2) is 10.7. The Morgan fingerprint density at radius 1 is 1.17 bits per heavy atom. The molecule has 2 aliphatic rings. The molecular formula is C22H35N3O4. The molecule has 0 amide bonds. The summed E-state index contributed by atoms with van der Waals surface area (Å²) in [6, 6.07) is 6.18. The molecule has 1 aromatic rings. The van der Waals surface area contributed by atoms with Crippen molar-refractivity contribution in [3.63, 3.8) is 0 Å². The third-order valence-electron chi connectivity index (χ3n) is 5.16. The standard InChI is InChI=1S/C22H35N3O4/c1-4-23-21(24-9-5-10-27-18-8-11-26-15-18)25-16-22(2,3)17-6-7-19-20(14-17)29-13-12-28-19/h6-7,14,18H,4-5,8-13,15-16H2,1-3H3,(H2,23,24,25). The summed E-state index contributed by atoms with van der Waals surface area (Å²) < 4.78 is 22.5. The second-order valence-electron chi connectivity index (χ2n) is 8.07. The van der Waals surface area contributed by atoms with Crippen molar-refractivity contribution >= 4 is 5.96 Å². The lowest BCUT2D eigenvalue weighted by atomic mass is 9.84. The molecule has 0 radical (unpaired) electrons. The molecule has 2 heterocycles. The maximum Gasteiger partial charge on any atom is 0.191 e. The summed E-state index contributed by atoms with van der Waals surface area (Å²) in [6.45, 7) is 12.3. The number of nitrogens with one attached hydrogen (secondary N) is 2. The van der Waals surface area contributed by atoms with Crippen LogP contribution in [0, 0.1) is 0 Å². The van der Waals surface area contributed by atoms with Gasteiger partial charge in [-0.25, -0.2) is 0 Å². The maximum absolute atomic E-state index is 5.81. The van der Waals surface area contributed by atoms with Gasteiger partial charge in [-0.05, 0) is 37.5 Å². The molecule has 0 aliphatic carbocycles. The van der Waals surface area contributed by atoms with Crippen LogP contribution in [0.3, 0.4) is 0 Å². The molecule has 3 rings (SSSR count). The minimum Gasteiger partial charge on any atom is -0.486 e. The number of guanidine groups is 1. The largest absolute Gasteiger partial charge is 0.486 e. The number of fused-ring (bicyclic) bond motifs is 1. The number of benzene rings is 1. The van der Waals surface area contributed by atoms with Gasteiger partial charge < -0.3 is 29.6 Å². The van der Waals surface area contributed by atoms with Crippen LogP contribution in [0.15, 0.2) is 23.2 Å². The summed E-state index contributed by atoms with van der Waals surface area (Å²) in [5.74, 6) is 2.48. The first-order chi connectivity index (χ1) is 14.1. The molecule has 162 valence electrons. The van der Waals surface area contributed by atoms with Crippen molar-refractivity contribution < 1.29 is 18.9 Å². The van der Waals surface area contributed by atoms with E-state index < -0.39 is 0 Å². The number of aliphatic imine (C=N–C) groups is 1. The van der Waals surface area contributed by atoms with E-state index in [-0.39, 0.29) is 11.5 Å². The van der Waals surface area contributed by atoms with E-state index in [4.69, 9.17) is 23.9 Å². The minimum atomic E-state index is -0.121. The molecule has 7 heteroatoms. The second-order valence-corrected chi connectivity index (χ2v) is 8.07. The van der Waals surface area contributed by atoms with Crippen molar-refractivity contribution in [1.29, 1.82) is 0 Å². The third-order valence-corrected chi connectivity index (χ3v) is 5.16. The Morgan fingerprint density at radius 2 is 2.00 bits per heavy atom. The predicted molar refractivity (Wildman–Crippen MR) is 114 cm³/mol. The molecule has 0 aromatic heterocycles. The minimum absolute atomic E-state index is 0.121. The number of hydrogen-bond donors (Lipinski definition) is 2. The summed E-state index contributed by atoms with van der Waals surface area (Å²) >= 11 is 0. The summed E-state index contributed by atoms with van der Waals surface area (Å²) in [7, 11) is 0. The van der Waals surface area contributed by atoms with Gasteiger partial charge in [-0.1, -0.05) is 19.9 Å². The van der Waals surface area contributed by atoms with E-state index in [2.05, 4.69) is 43.5 Å². The number of nitrogens with zero attached hydrogens (tertiary/aromatic N) is 1. The van der Waals surface area contributed by atoms with Crippen molar-refractivity contribution in [3.8, 4) is 11.5 Å². The van der Waals surface area contributed by atoms with Crippen LogP contribution < -0.4 is 20.1 Å². The molecule has 0 saturated carbocycles. The fraction of sp³-hybridized carbons (Fsp3) is 0.682. The van der Waals surface area contributed by atoms with Gasteiger partial charge >= 0.3 is 0 Å². The molecule has 1 saturated heterocycles. The Balaban J connectivity index is 1.49. The molecule has 0 spiro atoms. The molecule has 29 heavy (non-hydrogen) atoms. The van der Waals surface area contributed by atoms with Crippen LogP contribution in [0.25, 0.3) is 0 Å². The molecule has 1 unspecified atom stereocenters. The molecule has 2 N–H and O–H groups in total. The van der Waals surface area contributed by atoms with Gasteiger partial charge in [0.2, 0.25) is 0 Å². The lowest BCUT2D eigenvalue weighted by Crippen LogP contribution is -2.39. The first-order valence-electron chi connectivity index (χ1n) is 10.7.